The molecule has 188 valence electrons. The lowest BCUT2D eigenvalue weighted by atomic mass is 9.99. The highest BCUT2D eigenvalue weighted by molar-refractivity contribution is 5.85. The van der Waals surface area contributed by atoms with Gasteiger partial charge in [-0.05, 0) is 55.0 Å². The summed E-state index contributed by atoms with van der Waals surface area (Å²) in [5, 5.41) is 9.41. The zero-order valence-corrected chi connectivity index (χ0v) is 20.9. The van der Waals surface area contributed by atoms with Crippen LogP contribution in [0.2, 0.25) is 0 Å². The lowest BCUT2D eigenvalue weighted by Crippen LogP contribution is -2.36. The molecular weight excluding hydrogens is 454 g/mol. The number of ether oxygens (including phenoxy) is 3. The average Bonchev–Trinajstić information content (AvgIpc) is 2.87. The van der Waals surface area contributed by atoms with E-state index in [4.69, 9.17) is 24.9 Å². The van der Waals surface area contributed by atoms with Gasteiger partial charge in [0.1, 0.15) is 6.10 Å². The number of rotatable bonds is 10. The molecule has 0 aliphatic carbocycles. The van der Waals surface area contributed by atoms with Crippen LogP contribution in [0.15, 0.2) is 59.2 Å². The van der Waals surface area contributed by atoms with Crippen LogP contribution < -0.4 is 5.73 Å². The van der Waals surface area contributed by atoms with Crippen molar-refractivity contribution in [2.24, 2.45) is 16.6 Å². The quantitative estimate of drug-likeness (QED) is 0.536. The number of allylic oxidation sites excluding steroid dienone is 2. The van der Waals surface area contributed by atoms with Crippen LogP contribution in [-0.4, -0.2) is 48.2 Å². The van der Waals surface area contributed by atoms with Gasteiger partial charge >= 0.3 is 0 Å². The molecule has 0 radical (unpaired) electrons. The van der Waals surface area contributed by atoms with Gasteiger partial charge < -0.3 is 19.9 Å². The molecule has 0 amide bonds. The molecule has 8 heteroatoms. The van der Waals surface area contributed by atoms with Crippen LogP contribution >= 0.6 is 0 Å². The summed E-state index contributed by atoms with van der Waals surface area (Å²) >= 11 is 0. The van der Waals surface area contributed by atoms with Crippen LogP contribution in [0, 0.1) is 17.2 Å². The van der Waals surface area contributed by atoms with E-state index < -0.39 is 0 Å². The number of aliphatic imine (C=N–C) groups is 1. The third-order valence-corrected chi connectivity index (χ3v) is 6.43. The van der Waals surface area contributed by atoms with Gasteiger partial charge in [-0.3, -0.25) is 0 Å². The minimum absolute atomic E-state index is 0.215. The highest BCUT2D eigenvalue weighted by atomic mass is 16.6. The second kappa shape index (κ2) is 12.5. The lowest BCUT2D eigenvalue weighted by Gasteiger charge is -2.26. The van der Waals surface area contributed by atoms with E-state index >= 15 is 0 Å². The van der Waals surface area contributed by atoms with Crippen molar-refractivity contribution in [2.75, 3.05) is 26.4 Å². The van der Waals surface area contributed by atoms with Gasteiger partial charge in [0.25, 0.3) is 0 Å². The normalized spacial score (nSPS) is 22.5. The van der Waals surface area contributed by atoms with Crippen molar-refractivity contribution in [3.63, 3.8) is 0 Å². The first-order valence-corrected chi connectivity index (χ1v) is 12.4. The molecule has 1 aromatic carbocycles. The molecule has 0 spiro atoms. The van der Waals surface area contributed by atoms with Gasteiger partial charge in [-0.1, -0.05) is 13.0 Å². The highest BCUT2D eigenvalue weighted by Gasteiger charge is 2.19. The molecule has 0 bridgehead atoms. The van der Waals surface area contributed by atoms with Crippen LogP contribution in [0.5, 0.6) is 0 Å². The van der Waals surface area contributed by atoms with Crippen molar-refractivity contribution in [1.29, 1.82) is 5.26 Å². The Hall–Kier alpha value is -3.38. The molecule has 2 aliphatic rings. The summed E-state index contributed by atoms with van der Waals surface area (Å²) in [6.45, 7) is 7.02. The third-order valence-electron chi connectivity index (χ3n) is 6.43. The fourth-order valence-corrected chi connectivity index (χ4v) is 3.89. The van der Waals surface area contributed by atoms with E-state index in [-0.39, 0.29) is 6.10 Å². The zero-order chi connectivity index (χ0) is 25.3. The smallest absolute Gasteiger partial charge is 0.213 e. The maximum atomic E-state index is 9.41. The Labute approximate surface area is 212 Å². The van der Waals surface area contributed by atoms with E-state index in [9.17, 15) is 5.26 Å². The fraction of sp³-hybridized carbons (Fsp3) is 0.429. The SMILES string of the molecule is C/C1=N/C(OCCc2cc(C#N)ccc2-c2ncc(CN)cn2)=C\C(CCOC2COC2)=C\CC1C. The molecular formula is C28H33N5O3. The number of benzene rings is 1. The maximum Gasteiger partial charge on any atom is 0.213 e. The van der Waals surface area contributed by atoms with Gasteiger partial charge in [0.2, 0.25) is 5.88 Å². The van der Waals surface area contributed by atoms with Gasteiger partial charge in [0.05, 0.1) is 38.1 Å². The highest BCUT2D eigenvalue weighted by Crippen LogP contribution is 2.24. The Kier molecular flexibility index (Phi) is 8.95. The molecule has 8 nitrogen and oxygen atoms in total. The fourth-order valence-electron chi connectivity index (χ4n) is 3.89. The number of nitrogens with two attached hydrogens (primary N) is 1. The van der Waals surface area contributed by atoms with Crippen LogP contribution in [0.3, 0.4) is 0 Å². The summed E-state index contributed by atoms with van der Waals surface area (Å²) < 4.78 is 17.2. The minimum atomic E-state index is 0.215. The van der Waals surface area contributed by atoms with Gasteiger partial charge in [-0.25, -0.2) is 15.0 Å². The Morgan fingerprint density at radius 1 is 1.17 bits per heavy atom. The van der Waals surface area contributed by atoms with E-state index in [2.05, 4.69) is 29.0 Å². The Morgan fingerprint density at radius 2 is 1.97 bits per heavy atom. The second-order valence-corrected chi connectivity index (χ2v) is 9.13. The molecule has 1 saturated heterocycles. The first-order chi connectivity index (χ1) is 17.6. The van der Waals surface area contributed by atoms with Gasteiger partial charge in [0.15, 0.2) is 5.82 Å². The summed E-state index contributed by atoms with van der Waals surface area (Å²) in [4.78, 5) is 13.7. The predicted octanol–water partition coefficient (Wildman–Crippen LogP) is 4.11. The number of hydrogen-bond donors (Lipinski definition) is 1. The summed E-state index contributed by atoms with van der Waals surface area (Å²) in [6, 6.07) is 7.75. The predicted molar refractivity (Wildman–Crippen MR) is 138 cm³/mol. The number of aromatic nitrogens is 2. The number of nitriles is 1. The molecule has 1 aromatic heterocycles. The van der Waals surface area contributed by atoms with Crippen molar-refractivity contribution < 1.29 is 14.2 Å². The topological polar surface area (TPSA) is 116 Å². The first-order valence-electron chi connectivity index (χ1n) is 12.4. The Bertz CT molecular complexity index is 1180. The molecule has 1 fully saturated rings. The second-order valence-electron chi connectivity index (χ2n) is 9.13. The van der Waals surface area contributed by atoms with Gasteiger partial charge in [-0.2, -0.15) is 5.26 Å². The molecule has 36 heavy (non-hydrogen) atoms. The lowest BCUT2D eigenvalue weighted by molar-refractivity contribution is -0.128. The Morgan fingerprint density at radius 3 is 2.67 bits per heavy atom. The Balaban J connectivity index is 1.46. The van der Waals surface area contributed by atoms with Crippen LogP contribution in [0.1, 0.15) is 43.4 Å². The van der Waals surface area contributed by atoms with E-state index in [1.807, 2.05) is 25.1 Å². The third kappa shape index (κ3) is 6.85. The minimum Gasteiger partial charge on any atom is -0.477 e. The van der Waals surface area contributed by atoms with Crippen molar-refractivity contribution in [2.45, 2.75) is 45.8 Å². The summed E-state index contributed by atoms with van der Waals surface area (Å²) in [5.41, 5.74) is 11.2. The van der Waals surface area contributed by atoms with Crippen molar-refractivity contribution in [1.82, 2.24) is 9.97 Å². The largest absolute Gasteiger partial charge is 0.477 e. The molecule has 2 aromatic rings. The summed E-state index contributed by atoms with van der Waals surface area (Å²) in [7, 11) is 0. The number of hydrogen-bond acceptors (Lipinski definition) is 8. The monoisotopic (exact) mass is 487 g/mol. The van der Waals surface area contributed by atoms with Crippen LogP contribution in [0.4, 0.5) is 0 Å². The average molecular weight is 488 g/mol. The molecule has 0 saturated carbocycles. The van der Waals surface area contributed by atoms with Crippen LogP contribution in [-0.2, 0) is 27.2 Å². The van der Waals surface area contributed by atoms with E-state index in [0.717, 1.165) is 40.8 Å². The molecule has 2 N–H and O–H groups in total. The summed E-state index contributed by atoms with van der Waals surface area (Å²) in [5.74, 6) is 1.53. The molecule has 3 heterocycles. The van der Waals surface area contributed by atoms with Crippen LogP contribution in [0.25, 0.3) is 11.4 Å². The molecule has 1 atom stereocenters. The van der Waals surface area contributed by atoms with Crippen molar-refractivity contribution in [3.8, 4) is 17.5 Å². The van der Waals surface area contributed by atoms with Crippen molar-refractivity contribution in [3.05, 3.63) is 70.9 Å². The summed E-state index contributed by atoms with van der Waals surface area (Å²) in [6.07, 6.45) is 10.3. The van der Waals surface area contributed by atoms with E-state index in [1.165, 1.54) is 0 Å². The van der Waals surface area contributed by atoms with Gasteiger partial charge in [-0.15, -0.1) is 0 Å². The van der Waals surface area contributed by atoms with E-state index in [0.29, 0.717) is 62.6 Å². The maximum absolute atomic E-state index is 9.41. The van der Waals surface area contributed by atoms with E-state index in [1.54, 1.807) is 18.5 Å². The zero-order valence-electron chi connectivity index (χ0n) is 20.9. The van der Waals surface area contributed by atoms with Crippen molar-refractivity contribution >= 4 is 5.71 Å². The number of nitrogens with zero attached hydrogens (tertiary/aromatic N) is 4. The van der Waals surface area contributed by atoms with Gasteiger partial charge in [0, 0.05) is 48.3 Å². The molecule has 4 rings (SSSR count). The first kappa shape index (κ1) is 25.7. The molecule has 1 unspecified atom stereocenters. The standard InChI is InChI=1S/C28H33N5O3/c1-19-3-4-21(7-9-35-25-17-34-18-25)12-27(33-20(19)2)36-10-8-24-11-22(13-29)5-6-26(24)28-31-15-23(14-30)16-32-28/h4-6,11-12,15-16,19,25H,3,7-10,14,17-18,30H2,1-2H3/b21-4+,27-12+,33-20-. The molecule has 2 aliphatic heterocycles.